The normalized spacial score (nSPS) is 56.1. The van der Waals surface area contributed by atoms with E-state index in [1.807, 2.05) is 0 Å². The predicted octanol–water partition coefficient (Wildman–Crippen LogP) is 6.64. The summed E-state index contributed by atoms with van der Waals surface area (Å²) < 4.78 is 0. The summed E-state index contributed by atoms with van der Waals surface area (Å²) in [5.74, 6) is 4.22. The maximum Gasteiger partial charge on any atom is 0.140 e. The average Bonchev–Trinajstić information content (AvgIpc) is 2.89. The molecule has 0 amide bonds. The van der Waals surface area contributed by atoms with Crippen molar-refractivity contribution in [3.8, 4) is 0 Å². The molecule has 0 spiro atoms. The van der Waals surface area contributed by atoms with E-state index >= 15 is 0 Å². The van der Waals surface area contributed by atoms with Crippen molar-refractivity contribution in [2.75, 3.05) is 6.54 Å². The molecule has 2 heterocycles. The van der Waals surface area contributed by atoms with Crippen LogP contribution in [0, 0.1) is 64.6 Å². The standard InChI is InChI=1S/C31H51NO2/c1-9-22-13-23-24-14-25-31(8,11-10-30(7)15-17(2)12-18(3)16-32(25)30)21(6)27(24)29(34)20(5)26(23)28(33)19(22)4/h17-27H,9-16H2,1-8H3/t17?,18?,19-,20?,21?,22?,23?,24?,25?,26?,27?,30?,31?/m0/s1. The maximum absolute atomic E-state index is 14.0. The van der Waals surface area contributed by atoms with E-state index in [2.05, 4.69) is 60.3 Å². The van der Waals surface area contributed by atoms with E-state index in [1.165, 1.54) is 32.2 Å². The minimum atomic E-state index is -0.0884. The number of ketones is 2. The van der Waals surface area contributed by atoms with Crippen LogP contribution in [-0.4, -0.2) is 34.6 Å². The fraction of sp³-hybridized carbons (Fsp3) is 0.935. The monoisotopic (exact) mass is 469 g/mol. The number of fused-ring (bicyclic) bond motifs is 6. The molecule has 13 atom stereocenters. The highest BCUT2D eigenvalue weighted by Gasteiger charge is 2.64. The molecule has 192 valence electrons. The molecule has 0 bridgehead atoms. The number of rotatable bonds is 1. The molecular formula is C31H51NO2. The lowest BCUT2D eigenvalue weighted by Crippen LogP contribution is -2.69. The fourth-order valence-corrected chi connectivity index (χ4v) is 10.6. The lowest BCUT2D eigenvalue weighted by atomic mass is 9.43. The molecule has 3 saturated carbocycles. The summed E-state index contributed by atoms with van der Waals surface area (Å²) in [5, 5.41) is 0. The molecule has 0 aromatic heterocycles. The molecule has 2 aliphatic heterocycles. The molecule has 3 heteroatoms. The summed E-state index contributed by atoms with van der Waals surface area (Å²) in [4.78, 5) is 30.6. The molecular weight excluding hydrogens is 418 g/mol. The van der Waals surface area contributed by atoms with E-state index < -0.39 is 0 Å². The lowest BCUT2D eigenvalue weighted by Gasteiger charge is -2.66. The predicted molar refractivity (Wildman–Crippen MR) is 138 cm³/mol. The van der Waals surface area contributed by atoms with Gasteiger partial charge in [-0.1, -0.05) is 54.9 Å². The molecule has 5 fully saturated rings. The van der Waals surface area contributed by atoms with Gasteiger partial charge in [-0.15, -0.1) is 0 Å². The molecule has 3 nitrogen and oxygen atoms in total. The number of piperidine rings is 1. The quantitative estimate of drug-likeness (QED) is 0.432. The molecule has 5 aliphatic rings. The lowest BCUT2D eigenvalue weighted by molar-refractivity contribution is -0.184. The molecule has 0 aromatic rings. The second-order valence-electron chi connectivity index (χ2n) is 14.5. The van der Waals surface area contributed by atoms with Crippen LogP contribution in [-0.2, 0) is 9.59 Å². The first kappa shape index (κ1) is 25.0. The molecule has 0 N–H and O–H groups in total. The van der Waals surface area contributed by atoms with Crippen LogP contribution in [0.1, 0.15) is 100 Å². The van der Waals surface area contributed by atoms with Gasteiger partial charge >= 0.3 is 0 Å². The van der Waals surface area contributed by atoms with Gasteiger partial charge in [-0.3, -0.25) is 14.5 Å². The molecule has 34 heavy (non-hydrogen) atoms. The Morgan fingerprint density at radius 3 is 2.15 bits per heavy atom. The van der Waals surface area contributed by atoms with Crippen molar-refractivity contribution in [1.82, 2.24) is 4.90 Å². The van der Waals surface area contributed by atoms with E-state index in [0.29, 0.717) is 41.3 Å². The van der Waals surface area contributed by atoms with Gasteiger partial charge in [0.2, 0.25) is 0 Å². The van der Waals surface area contributed by atoms with Gasteiger partial charge in [-0.05, 0) is 86.4 Å². The van der Waals surface area contributed by atoms with Gasteiger partial charge in [0, 0.05) is 41.8 Å². The number of hydrogen-bond acceptors (Lipinski definition) is 3. The molecule has 5 rings (SSSR count). The fourth-order valence-electron chi connectivity index (χ4n) is 10.6. The second kappa shape index (κ2) is 8.42. The van der Waals surface area contributed by atoms with Gasteiger partial charge in [0.1, 0.15) is 11.6 Å². The zero-order chi connectivity index (χ0) is 24.7. The van der Waals surface area contributed by atoms with Crippen molar-refractivity contribution in [2.24, 2.45) is 64.6 Å². The van der Waals surface area contributed by atoms with Gasteiger partial charge < -0.3 is 0 Å². The molecule has 0 aromatic carbocycles. The average molecular weight is 470 g/mol. The first-order valence-corrected chi connectivity index (χ1v) is 14.8. The van der Waals surface area contributed by atoms with Gasteiger partial charge in [0.15, 0.2) is 0 Å². The molecule has 3 aliphatic carbocycles. The number of Topliss-reactive ketones (excluding diaryl/α,β-unsaturated/α-hetero) is 2. The van der Waals surface area contributed by atoms with Crippen molar-refractivity contribution in [2.45, 2.75) is 112 Å². The highest BCUT2D eigenvalue weighted by molar-refractivity contribution is 5.94. The van der Waals surface area contributed by atoms with Crippen LogP contribution in [0.3, 0.4) is 0 Å². The smallest absolute Gasteiger partial charge is 0.140 e. The van der Waals surface area contributed by atoms with Crippen molar-refractivity contribution in [3.05, 3.63) is 0 Å². The zero-order valence-corrected chi connectivity index (χ0v) is 23.3. The van der Waals surface area contributed by atoms with Crippen LogP contribution in [0.4, 0.5) is 0 Å². The Labute approximate surface area is 209 Å². The highest BCUT2D eigenvalue weighted by Crippen LogP contribution is 2.63. The van der Waals surface area contributed by atoms with Crippen molar-refractivity contribution >= 4 is 11.6 Å². The Kier molecular flexibility index (Phi) is 6.18. The Bertz CT molecular complexity index is 837. The van der Waals surface area contributed by atoms with Gasteiger partial charge in [-0.2, -0.15) is 0 Å². The summed E-state index contributed by atoms with van der Waals surface area (Å²) in [5.41, 5.74) is 0.488. The third-order valence-electron chi connectivity index (χ3n) is 12.6. The summed E-state index contributed by atoms with van der Waals surface area (Å²) in [7, 11) is 0. The molecule has 0 radical (unpaired) electrons. The van der Waals surface area contributed by atoms with E-state index in [9.17, 15) is 9.59 Å². The zero-order valence-electron chi connectivity index (χ0n) is 23.3. The van der Waals surface area contributed by atoms with Crippen molar-refractivity contribution < 1.29 is 9.59 Å². The first-order valence-electron chi connectivity index (χ1n) is 14.8. The minimum Gasteiger partial charge on any atom is -0.299 e. The summed E-state index contributed by atoms with van der Waals surface area (Å²) in [6.45, 7) is 20.1. The number of hydrogen-bond donors (Lipinski definition) is 0. The van der Waals surface area contributed by atoms with Crippen LogP contribution in [0.5, 0.6) is 0 Å². The van der Waals surface area contributed by atoms with E-state index in [0.717, 1.165) is 31.1 Å². The van der Waals surface area contributed by atoms with Crippen LogP contribution < -0.4 is 0 Å². The molecule has 2 saturated heterocycles. The SMILES string of the molecule is CCC1CC2C3CC4N5CC(C)CC(C)CC5(C)CCC4(C)C(C)C3C(=O)C(C)C2C(=O)[C@H]1C. The van der Waals surface area contributed by atoms with E-state index in [1.54, 1.807) is 0 Å². The topological polar surface area (TPSA) is 37.4 Å². The van der Waals surface area contributed by atoms with Gasteiger partial charge in [0.25, 0.3) is 0 Å². The third-order valence-corrected chi connectivity index (χ3v) is 12.6. The van der Waals surface area contributed by atoms with E-state index in [4.69, 9.17) is 0 Å². The third kappa shape index (κ3) is 3.45. The highest BCUT2D eigenvalue weighted by atomic mass is 16.1. The van der Waals surface area contributed by atoms with Crippen molar-refractivity contribution in [3.63, 3.8) is 0 Å². The number of nitrogens with zero attached hydrogens (tertiary/aromatic N) is 1. The Morgan fingerprint density at radius 2 is 1.47 bits per heavy atom. The van der Waals surface area contributed by atoms with Crippen LogP contribution in [0.2, 0.25) is 0 Å². The number of carbonyl (C=O) groups excluding carboxylic acids is 2. The van der Waals surface area contributed by atoms with Gasteiger partial charge in [-0.25, -0.2) is 0 Å². The van der Waals surface area contributed by atoms with Crippen LogP contribution >= 0.6 is 0 Å². The minimum absolute atomic E-state index is 0.0267. The summed E-state index contributed by atoms with van der Waals surface area (Å²) in [6, 6.07) is 0.548. The second-order valence-corrected chi connectivity index (χ2v) is 14.5. The van der Waals surface area contributed by atoms with Gasteiger partial charge in [0.05, 0.1) is 0 Å². The summed E-state index contributed by atoms with van der Waals surface area (Å²) >= 11 is 0. The number of carbonyl (C=O) groups is 2. The Morgan fingerprint density at radius 1 is 0.824 bits per heavy atom. The van der Waals surface area contributed by atoms with E-state index in [-0.39, 0.29) is 34.6 Å². The maximum atomic E-state index is 14.0. The largest absolute Gasteiger partial charge is 0.299 e. The Balaban J connectivity index is 1.55. The van der Waals surface area contributed by atoms with Crippen LogP contribution in [0.25, 0.3) is 0 Å². The summed E-state index contributed by atoms with van der Waals surface area (Å²) in [6.07, 6.45) is 8.55. The molecule has 12 unspecified atom stereocenters. The van der Waals surface area contributed by atoms with Crippen LogP contribution in [0.15, 0.2) is 0 Å². The Hall–Kier alpha value is -0.700. The van der Waals surface area contributed by atoms with Crippen molar-refractivity contribution in [1.29, 1.82) is 0 Å². The first-order chi connectivity index (χ1) is 15.9.